The number of aromatic nitrogens is 5. The van der Waals surface area contributed by atoms with E-state index in [0.717, 1.165) is 4.85 Å². The van der Waals surface area contributed by atoms with Gasteiger partial charge >= 0.3 is 11.9 Å². The van der Waals surface area contributed by atoms with Gasteiger partial charge in [-0.1, -0.05) is 0 Å². The zero-order valence-electron chi connectivity index (χ0n) is 15.6. The summed E-state index contributed by atoms with van der Waals surface area (Å²) in [5.74, 6) is -2.86. The lowest BCUT2D eigenvalue weighted by Gasteiger charge is -2.07. The van der Waals surface area contributed by atoms with Crippen LogP contribution in [0.25, 0.3) is 11.2 Å². The summed E-state index contributed by atoms with van der Waals surface area (Å²) in [6.07, 6.45) is 0.0995. The first-order valence-electron chi connectivity index (χ1n) is 8.89. The molecule has 29 heavy (non-hydrogen) atoms. The third-order valence-corrected chi connectivity index (χ3v) is 4.64. The SMILES string of the molecule is CCOC(=O)C(=O)c1c(C)c(C(=O)On2nnc3cccnc32)n2c1C[C@@H](F)C2. The van der Waals surface area contributed by atoms with Crippen LogP contribution in [0.1, 0.15) is 39.0 Å². The topological polar surface area (TPSA) is 118 Å². The molecule has 0 spiro atoms. The van der Waals surface area contributed by atoms with Crippen molar-refractivity contribution in [2.75, 3.05) is 6.61 Å². The summed E-state index contributed by atoms with van der Waals surface area (Å²) in [4.78, 5) is 47.5. The Morgan fingerprint density at radius 2 is 2.14 bits per heavy atom. The fourth-order valence-electron chi connectivity index (χ4n) is 3.49. The highest BCUT2D eigenvalue weighted by Gasteiger charge is 2.37. The van der Waals surface area contributed by atoms with E-state index in [2.05, 4.69) is 15.3 Å². The van der Waals surface area contributed by atoms with Crippen molar-refractivity contribution in [1.29, 1.82) is 0 Å². The minimum Gasteiger partial charge on any atom is -0.460 e. The predicted molar refractivity (Wildman–Crippen MR) is 95.0 cm³/mol. The molecule has 4 rings (SSSR count). The van der Waals surface area contributed by atoms with E-state index >= 15 is 0 Å². The van der Waals surface area contributed by atoms with E-state index in [1.807, 2.05) is 0 Å². The van der Waals surface area contributed by atoms with Gasteiger partial charge in [-0.15, -0.1) is 5.10 Å². The molecule has 3 aromatic heterocycles. The lowest BCUT2D eigenvalue weighted by atomic mass is 10.0. The maximum Gasteiger partial charge on any atom is 0.382 e. The maximum absolute atomic E-state index is 14.1. The van der Waals surface area contributed by atoms with Crippen molar-refractivity contribution >= 4 is 28.9 Å². The summed E-state index contributed by atoms with van der Waals surface area (Å²) < 4.78 is 20.2. The van der Waals surface area contributed by atoms with Gasteiger partial charge in [0.15, 0.2) is 0 Å². The van der Waals surface area contributed by atoms with Gasteiger partial charge < -0.3 is 14.1 Å². The van der Waals surface area contributed by atoms with Crippen molar-refractivity contribution < 1.29 is 28.3 Å². The lowest BCUT2D eigenvalue weighted by Crippen LogP contribution is -2.25. The number of carbonyl (C=O) groups excluding carboxylic acids is 3. The number of ketones is 1. The van der Waals surface area contributed by atoms with E-state index < -0.39 is 23.9 Å². The van der Waals surface area contributed by atoms with E-state index in [1.54, 1.807) is 19.1 Å². The molecule has 11 heteroatoms. The van der Waals surface area contributed by atoms with Crippen LogP contribution in [0, 0.1) is 6.92 Å². The quantitative estimate of drug-likeness (QED) is 0.267. The van der Waals surface area contributed by atoms with Crippen molar-refractivity contribution in [2.45, 2.75) is 33.0 Å². The largest absolute Gasteiger partial charge is 0.460 e. The molecule has 150 valence electrons. The number of pyridine rings is 1. The van der Waals surface area contributed by atoms with Crippen molar-refractivity contribution in [1.82, 2.24) is 24.7 Å². The van der Waals surface area contributed by atoms with Gasteiger partial charge in [-0.25, -0.2) is 19.0 Å². The molecule has 1 aliphatic rings. The van der Waals surface area contributed by atoms with Crippen LogP contribution in [0.2, 0.25) is 0 Å². The van der Waals surface area contributed by atoms with E-state index in [1.165, 1.54) is 17.7 Å². The number of esters is 1. The Morgan fingerprint density at radius 1 is 1.34 bits per heavy atom. The third kappa shape index (κ3) is 3.04. The number of Topliss-reactive ketones (excluding diaryl/α,β-unsaturated/α-hetero) is 1. The first-order valence-corrected chi connectivity index (χ1v) is 8.89. The summed E-state index contributed by atoms with van der Waals surface area (Å²) in [5, 5.41) is 7.57. The van der Waals surface area contributed by atoms with Crippen LogP contribution in [-0.2, 0) is 22.5 Å². The van der Waals surface area contributed by atoms with E-state index in [-0.39, 0.29) is 47.7 Å². The fourth-order valence-corrected chi connectivity index (χ4v) is 3.49. The Morgan fingerprint density at radius 3 is 2.90 bits per heavy atom. The molecule has 0 radical (unpaired) electrons. The average Bonchev–Trinajstić information content (AvgIpc) is 3.33. The maximum atomic E-state index is 14.1. The number of halogens is 1. The number of carbonyl (C=O) groups is 3. The number of rotatable bonds is 5. The molecular weight excluding hydrogens is 385 g/mol. The van der Waals surface area contributed by atoms with Gasteiger partial charge in [0.1, 0.15) is 17.4 Å². The molecule has 0 saturated carbocycles. The Balaban J connectivity index is 1.74. The molecule has 0 amide bonds. The molecule has 4 heterocycles. The molecule has 0 N–H and O–H groups in total. The van der Waals surface area contributed by atoms with E-state index in [0.29, 0.717) is 5.52 Å². The Kier molecular flexibility index (Phi) is 4.57. The summed E-state index contributed by atoms with van der Waals surface area (Å²) in [7, 11) is 0. The van der Waals surface area contributed by atoms with Gasteiger partial charge in [0, 0.05) is 18.3 Å². The van der Waals surface area contributed by atoms with Gasteiger partial charge in [0.05, 0.1) is 18.7 Å². The van der Waals surface area contributed by atoms with E-state index in [9.17, 15) is 18.8 Å². The molecule has 1 aliphatic heterocycles. The number of nitrogens with zero attached hydrogens (tertiary/aromatic N) is 5. The average molecular weight is 401 g/mol. The summed E-state index contributed by atoms with van der Waals surface area (Å²) in [6, 6.07) is 3.30. The summed E-state index contributed by atoms with van der Waals surface area (Å²) >= 11 is 0. The van der Waals surface area contributed by atoms with Gasteiger partial charge in [-0.3, -0.25) is 4.79 Å². The molecular formula is C18H16FN5O5. The molecule has 0 fully saturated rings. The molecule has 0 saturated heterocycles. The highest BCUT2D eigenvalue weighted by Crippen LogP contribution is 2.31. The van der Waals surface area contributed by atoms with Crippen molar-refractivity contribution in [3.63, 3.8) is 0 Å². The van der Waals surface area contributed by atoms with Crippen LogP contribution in [-0.4, -0.2) is 55.2 Å². The molecule has 3 aromatic rings. The van der Waals surface area contributed by atoms with Crippen LogP contribution < -0.4 is 4.84 Å². The zero-order chi connectivity index (χ0) is 20.7. The number of hydrogen-bond donors (Lipinski definition) is 0. The monoisotopic (exact) mass is 401 g/mol. The predicted octanol–water partition coefficient (Wildman–Crippen LogP) is 0.845. The van der Waals surface area contributed by atoms with E-state index in [4.69, 9.17) is 9.57 Å². The summed E-state index contributed by atoms with van der Waals surface area (Å²) in [6.45, 7) is 2.96. The molecule has 0 unspecified atom stereocenters. The van der Waals surface area contributed by atoms with Crippen LogP contribution in [0.5, 0.6) is 0 Å². The highest BCUT2D eigenvalue weighted by molar-refractivity contribution is 6.41. The highest BCUT2D eigenvalue weighted by atomic mass is 19.1. The first-order chi connectivity index (χ1) is 13.9. The summed E-state index contributed by atoms with van der Waals surface area (Å²) in [5.41, 5.74) is 1.05. The Labute approximate surface area is 163 Å². The minimum atomic E-state index is -1.29. The first kappa shape index (κ1) is 18.7. The smallest absolute Gasteiger partial charge is 0.382 e. The molecule has 1 atom stereocenters. The fraction of sp³-hybridized carbons (Fsp3) is 0.333. The van der Waals surface area contributed by atoms with Gasteiger partial charge in [-0.2, -0.15) is 0 Å². The second-order valence-corrected chi connectivity index (χ2v) is 6.44. The molecule has 0 aliphatic carbocycles. The van der Waals surface area contributed by atoms with Crippen molar-refractivity contribution in [3.8, 4) is 0 Å². The second-order valence-electron chi connectivity index (χ2n) is 6.44. The lowest BCUT2D eigenvalue weighted by molar-refractivity contribution is -0.137. The second kappa shape index (κ2) is 7.08. The Bertz CT molecular complexity index is 1150. The minimum absolute atomic E-state index is 0.0205. The zero-order valence-corrected chi connectivity index (χ0v) is 15.6. The van der Waals surface area contributed by atoms with Gasteiger partial charge in [-0.05, 0) is 41.6 Å². The van der Waals surface area contributed by atoms with Gasteiger partial charge in [0.25, 0.3) is 5.78 Å². The van der Waals surface area contributed by atoms with Crippen LogP contribution in [0.15, 0.2) is 18.3 Å². The molecule has 0 bridgehead atoms. The molecule has 0 aromatic carbocycles. The normalized spacial score (nSPS) is 15.3. The number of fused-ring (bicyclic) bond motifs is 2. The number of ether oxygens (including phenoxy) is 1. The standard InChI is InChI=1S/C18H16FN5O5/c1-3-28-18(27)15(25)13-9(2)14(23-8-10(19)7-12(13)23)17(26)29-24-16-11(21-22-24)5-4-6-20-16/h4-6,10H,3,7-8H2,1-2H3/t10-/m1/s1. The van der Waals surface area contributed by atoms with Crippen LogP contribution in [0.3, 0.4) is 0 Å². The van der Waals surface area contributed by atoms with Crippen LogP contribution in [0.4, 0.5) is 4.39 Å². The van der Waals surface area contributed by atoms with Crippen LogP contribution >= 0.6 is 0 Å². The number of hydrogen-bond acceptors (Lipinski definition) is 8. The molecule has 10 nitrogen and oxygen atoms in total. The van der Waals surface area contributed by atoms with Crippen molar-refractivity contribution in [2.24, 2.45) is 0 Å². The third-order valence-electron chi connectivity index (χ3n) is 4.64. The van der Waals surface area contributed by atoms with Gasteiger partial charge in [0.2, 0.25) is 5.65 Å². The van der Waals surface area contributed by atoms with Crippen molar-refractivity contribution in [3.05, 3.63) is 40.8 Å². The number of alkyl halides is 1. The Hall–Kier alpha value is -3.63.